The largest absolute Gasteiger partial charge is 0.351 e. The van der Waals surface area contributed by atoms with Gasteiger partial charge in [-0.3, -0.25) is 9.69 Å². The Morgan fingerprint density at radius 2 is 2.25 bits per heavy atom. The van der Waals surface area contributed by atoms with E-state index >= 15 is 0 Å². The number of hydrogen-bond acceptors (Lipinski definition) is 6. The normalized spacial score (nSPS) is 23.0. The second-order valence-electron chi connectivity index (χ2n) is 6.79. The lowest BCUT2D eigenvalue weighted by atomic mass is 10.1. The van der Waals surface area contributed by atoms with Crippen LogP contribution in [-0.4, -0.2) is 64.8 Å². The summed E-state index contributed by atoms with van der Waals surface area (Å²) >= 11 is 0. The number of anilines is 1. The molecule has 3 amide bonds. The van der Waals surface area contributed by atoms with Gasteiger partial charge in [0.2, 0.25) is 0 Å². The molecule has 2 fully saturated rings. The van der Waals surface area contributed by atoms with Crippen LogP contribution in [0.25, 0.3) is 0 Å². The molecule has 24 heavy (non-hydrogen) atoms. The fourth-order valence-corrected chi connectivity index (χ4v) is 3.28. The fourth-order valence-electron chi connectivity index (χ4n) is 3.28. The Morgan fingerprint density at radius 3 is 2.92 bits per heavy atom. The van der Waals surface area contributed by atoms with Gasteiger partial charge < -0.3 is 15.5 Å². The van der Waals surface area contributed by atoms with Gasteiger partial charge in [0, 0.05) is 38.4 Å². The summed E-state index contributed by atoms with van der Waals surface area (Å²) in [6.45, 7) is 6.18. The van der Waals surface area contributed by atoms with Crippen LogP contribution in [0.1, 0.15) is 26.7 Å². The Bertz CT molecular complexity index is 606. The molecule has 1 aromatic heterocycles. The lowest BCUT2D eigenvalue weighted by Crippen LogP contribution is -2.43. The molecule has 2 N–H and O–H groups in total. The summed E-state index contributed by atoms with van der Waals surface area (Å²) in [7, 11) is 0. The van der Waals surface area contributed by atoms with Crippen molar-refractivity contribution < 1.29 is 9.59 Å². The molecule has 3 heterocycles. The standard InChI is InChI=1S/C16H24N6O2/c1-16(2)14(23)22(15(24)19-16)10-8-17-11-12-5-4-9-21(12)13-6-3-7-18-20-13/h3,6-7,12,17H,4-5,8-11H2,1-2H3,(H,19,24). The monoisotopic (exact) mass is 332 g/mol. The van der Waals surface area contributed by atoms with E-state index in [-0.39, 0.29) is 11.9 Å². The van der Waals surface area contributed by atoms with Crippen LogP contribution >= 0.6 is 0 Å². The molecule has 2 saturated heterocycles. The van der Waals surface area contributed by atoms with E-state index in [0.29, 0.717) is 19.1 Å². The van der Waals surface area contributed by atoms with Gasteiger partial charge in [-0.25, -0.2) is 4.79 Å². The fraction of sp³-hybridized carbons (Fsp3) is 0.625. The second kappa shape index (κ2) is 6.72. The van der Waals surface area contributed by atoms with Crippen molar-refractivity contribution in [1.82, 2.24) is 25.7 Å². The quantitative estimate of drug-likeness (QED) is 0.578. The zero-order valence-electron chi connectivity index (χ0n) is 14.2. The molecule has 8 heteroatoms. The van der Waals surface area contributed by atoms with Crippen molar-refractivity contribution in [2.24, 2.45) is 0 Å². The van der Waals surface area contributed by atoms with Gasteiger partial charge in [0.1, 0.15) is 5.54 Å². The van der Waals surface area contributed by atoms with E-state index in [1.54, 1.807) is 20.0 Å². The number of nitrogens with one attached hydrogen (secondary N) is 2. The van der Waals surface area contributed by atoms with Crippen LogP contribution in [-0.2, 0) is 4.79 Å². The summed E-state index contributed by atoms with van der Waals surface area (Å²) in [5.74, 6) is 0.731. The van der Waals surface area contributed by atoms with Crippen molar-refractivity contribution >= 4 is 17.8 Å². The first-order chi connectivity index (χ1) is 11.5. The molecule has 2 aliphatic rings. The molecule has 2 aliphatic heterocycles. The van der Waals surface area contributed by atoms with E-state index in [2.05, 4.69) is 25.7 Å². The number of carbonyl (C=O) groups excluding carboxylic acids is 2. The average molecular weight is 332 g/mol. The van der Waals surface area contributed by atoms with E-state index in [1.165, 1.54) is 4.90 Å². The molecular weight excluding hydrogens is 308 g/mol. The van der Waals surface area contributed by atoms with Crippen molar-refractivity contribution in [2.45, 2.75) is 38.3 Å². The SMILES string of the molecule is CC1(C)NC(=O)N(CCNCC2CCCN2c2cccnn2)C1=O. The molecule has 0 aromatic carbocycles. The number of imide groups is 1. The Balaban J connectivity index is 1.47. The van der Waals surface area contributed by atoms with Gasteiger partial charge >= 0.3 is 6.03 Å². The molecule has 0 radical (unpaired) electrons. The zero-order valence-corrected chi connectivity index (χ0v) is 14.2. The molecule has 1 atom stereocenters. The summed E-state index contributed by atoms with van der Waals surface area (Å²) < 4.78 is 0. The summed E-state index contributed by atoms with van der Waals surface area (Å²) in [5.41, 5.74) is -0.800. The smallest absolute Gasteiger partial charge is 0.325 e. The third-order valence-corrected chi connectivity index (χ3v) is 4.57. The van der Waals surface area contributed by atoms with Crippen molar-refractivity contribution in [3.05, 3.63) is 18.3 Å². The van der Waals surface area contributed by atoms with Crippen LogP contribution in [0, 0.1) is 0 Å². The molecule has 3 rings (SSSR count). The van der Waals surface area contributed by atoms with Gasteiger partial charge in [0.05, 0.1) is 0 Å². The van der Waals surface area contributed by atoms with Crippen molar-refractivity contribution in [3.63, 3.8) is 0 Å². The zero-order chi connectivity index (χ0) is 17.2. The Hall–Kier alpha value is -2.22. The first kappa shape index (κ1) is 16.6. The maximum Gasteiger partial charge on any atom is 0.325 e. The highest BCUT2D eigenvalue weighted by Crippen LogP contribution is 2.22. The number of carbonyl (C=O) groups is 2. The number of nitrogens with zero attached hydrogens (tertiary/aromatic N) is 4. The third-order valence-electron chi connectivity index (χ3n) is 4.57. The number of amides is 3. The van der Waals surface area contributed by atoms with Gasteiger partial charge in [-0.1, -0.05) is 0 Å². The predicted octanol–water partition coefficient (Wildman–Crippen LogP) is 0.365. The lowest BCUT2D eigenvalue weighted by molar-refractivity contribution is -0.130. The molecule has 8 nitrogen and oxygen atoms in total. The summed E-state index contributed by atoms with van der Waals surface area (Å²) in [4.78, 5) is 27.5. The van der Waals surface area contributed by atoms with Gasteiger partial charge in [-0.15, -0.1) is 5.10 Å². The van der Waals surface area contributed by atoms with Crippen LogP contribution in [0.15, 0.2) is 18.3 Å². The molecule has 1 aromatic rings. The number of hydrogen-bond donors (Lipinski definition) is 2. The minimum atomic E-state index is -0.800. The number of aromatic nitrogens is 2. The summed E-state index contributed by atoms with van der Waals surface area (Å²) in [6.07, 6.45) is 3.90. The molecule has 1 unspecified atom stereocenters. The highest BCUT2D eigenvalue weighted by molar-refractivity contribution is 6.06. The molecule has 0 aliphatic carbocycles. The van der Waals surface area contributed by atoms with E-state index in [0.717, 1.165) is 31.7 Å². The summed E-state index contributed by atoms with van der Waals surface area (Å²) in [6, 6.07) is 3.92. The molecule has 0 spiro atoms. The van der Waals surface area contributed by atoms with Gasteiger partial charge in [0.15, 0.2) is 5.82 Å². The predicted molar refractivity (Wildman–Crippen MR) is 89.6 cm³/mol. The lowest BCUT2D eigenvalue weighted by Gasteiger charge is -2.25. The average Bonchev–Trinajstić information content (AvgIpc) is 3.09. The topological polar surface area (TPSA) is 90.5 Å². The first-order valence-corrected chi connectivity index (χ1v) is 8.38. The number of rotatable bonds is 6. The van der Waals surface area contributed by atoms with Crippen LogP contribution < -0.4 is 15.5 Å². The first-order valence-electron chi connectivity index (χ1n) is 8.38. The van der Waals surface area contributed by atoms with E-state index in [9.17, 15) is 9.59 Å². The second-order valence-corrected chi connectivity index (χ2v) is 6.79. The molecule has 0 bridgehead atoms. The molecule has 130 valence electrons. The minimum Gasteiger partial charge on any atom is -0.351 e. The van der Waals surface area contributed by atoms with E-state index < -0.39 is 5.54 Å². The molecular formula is C16H24N6O2. The third kappa shape index (κ3) is 3.33. The van der Waals surface area contributed by atoms with Gasteiger partial charge in [-0.2, -0.15) is 5.10 Å². The number of urea groups is 1. The maximum atomic E-state index is 12.1. The van der Waals surface area contributed by atoms with E-state index in [4.69, 9.17) is 0 Å². The van der Waals surface area contributed by atoms with Crippen molar-refractivity contribution in [1.29, 1.82) is 0 Å². The van der Waals surface area contributed by atoms with Gasteiger partial charge in [0.25, 0.3) is 5.91 Å². The highest BCUT2D eigenvalue weighted by Gasteiger charge is 2.43. The molecule has 0 saturated carbocycles. The highest BCUT2D eigenvalue weighted by atomic mass is 16.2. The van der Waals surface area contributed by atoms with Crippen molar-refractivity contribution in [3.8, 4) is 0 Å². The Kier molecular flexibility index (Phi) is 4.66. The minimum absolute atomic E-state index is 0.170. The Morgan fingerprint density at radius 1 is 1.42 bits per heavy atom. The van der Waals surface area contributed by atoms with Crippen LogP contribution in [0.2, 0.25) is 0 Å². The Labute approximate surface area is 141 Å². The summed E-state index contributed by atoms with van der Waals surface area (Å²) in [5, 5.41) is 14.2. The maximum absolute atomic E-state index is 12.1. The van der Waals surface area contributed by atoms with Crippen LogP contribution in [0.4, 0.5) is 10.6 Å². The van der Waals surface area contributed by atoms with Crippen LogP contribution in [0.5, 0.6) is 0 Å². The van der Waals surface area contributed by atoms with Gasteiger partial charge in [-0.05, 0) is 38.8 Å². The van der Waals surface area contributed by atoms with Crippen LogP contribution in [0.3, 0.4) is 0 Å². The van der Waals surface area contributed by atoms with E-state index in [1.807, 2.05) is 12.1 Å². The van der Waals surface area contributed by atoms with Crippen molar-refractivity contribution in [2.75, 3.05) is 31.1 Å².